The first kappa shape index (κ1) is 24.9. The molecule has 0 spiro atoms. The second kappa shape index (κ2) is 9.86. The van der Waals surface area contributed by atoms with E-state index in [0.717, 1.165) is 19.1 Å². The number of hydrogen-bond acceptors (Lipinski definition) is 6. The highest BCUT2D eigenvalue weighted by atomic mass is 32.2. The highest BCUT2D eigenvalue weighted by Gasteiger charge is 2.30. The van der Waals surface area contributed by atoms with Crippen LogP contribution in [0, 0.1) is 5.82 Å². The van der Waals surface area contributed by atoms with Crippen LogP contribution in [0.5, 0.6) is 5.75 Å². The predicted octanol–water partition coefficient (Wildman–Crippen LogP) is 3.85. The highest BCUT2D eigenvalue weighted by molar-refractivity contribution is 7.92. The monoisotopic (exact) mass is 468 g/mol. The number of aliphatic carboxylic acids is 1. The molecule has 1 aliphatic heterocycles. The molecule has 0 unspecified atom stereocenters. The maximum Gasteiger partial charge on any atom is 0.412 e. The molecule has 2 aromatic rings. The first-order chi connectivity index (χ1) is 14.8. The molecule has 0 saturated heterocycles. The number of carbonyl (C=O) groups is 2. The zero-order chi connectivity index (χ0) is 24.1. The van der Waals surface area contributed by atoms with E-state index >= 15 is 0 Å². The third kappa shape index (κ3) is 6.84. The van der Waals surface area contributed by atoms with Crippen LogP contribution in [-0.2, 0) is 19.6 Å². The summed E-state index contributed by atoms with van der Waals surface area (Å²) in [6, 6.07) is 9.28. The summed E-state index contributed by atoms with van der Waals surface area (Å²) < 4.78 is 51.1. The van der Waals surface area contributed by atoms with Crippen molar-refractivity contribution in [3.8, 4) is 5.75 Å². The first-order valence-electron chi connectivity index (χ1n) is 9.54. The molecule has 174 valence electrons. The Morgan fingerprint density at radius 2 is 1.75 bits per heavy atom. The van der Waals surface area contributed by atoms with Crippen LogP contribution in [0.25, 0.3) is 0 Å². The smallest absolute Gasteiger partial charge is 0.412 e. The molecule has 1 heterocycles. The Bertz CT molecular complexity index is 1080. The molecule has 0 atom stereocenters. The molecular formula is C21H25FN2O7S. The maximum absolute atomic E-state index is 13.2. The van der Waals surface area contributed by atoms with E-state index in [1.807, 2.05) is 0 Å². The van der Waals surface area contributed by atoms with E-state index in [1.165, 1.54) is 22.5 Å². The van der Waals surface area contributed by atoms with Crippen molar-refractivity contribution in [1.82, 2.24) is 0 Å². The number of benzene rings is 2. The molecule has 0 saturated carbocycles. The quantitative estimate of drug-likeness (QED) is 0.701. The lowest BCUT2D eigenvalue weighted by Gasteiger charge is -2.31. The summed E-state index contributed by atoms with van der Waals surface area (Å²) in [5, 5.41) is 10.00. The van der Waals surface area contributed by atoms with Gasteiger partial charge in [-0.25, -0.2) is 17.6 Å². The van der Waals surface area contributed by atoms with Gasteiger partial charge in [-0.1, -0.05) is 0 Å². The Hall–Kier alpha value is -3.34. The van der Waals surface area contributed by atoms with Crippen molar-refractivity contribution in [3.05, 3.63) is 48.3 Å². The number of amides is 1. The third-order valence-electron chi connectivity index (χ3n) is 3.83. The highest BCUT2D eigenvalue weighted by Crippen LogP contribution is 2.37. The van der Waals surface area contributed by atoms with Gasteiger partial charge in [-0.3, -0.25) is 14.4 Å². The molecule has 0 aliphatic carbocycles. The van der Waals surface area contributed by atoms with Crippen LogP contribution in [0.15, 0.2) is 47.4 Å². The molecule has 1 amide bonds. The van der Waals surface area contributed by atoms with Crippen molar-refractivity contribution in [2.45, 2.75) is 38.2 Å². The summed E-state index contributed by atoms with van der Waals surface area (Å²) in [6.07, 6.45) is -0.655. The molecule has 1 aliphatic rings. The van der Waals surface area contributed by atoms with Crippen molar-refractivity contribution < 1.29 is 37.0 Å². The van der Waals surface area contributed by atoms with Crippen LogP contribution in [0.4, 0.5) is 20.6 Å². The summed E-state index contributed by atoms with van der Waals surface area (Å²) in [5.74, 6) is -0.989. The number of carboxylic acid groups (broad SMARTS) is 1. The van der Waals surface area contributed by atoms with Gasteiger partial charge in [0.1, 0.15) is 23.8 Å². The second-order valence-corrected chi connectivity index (χ2v) is 9.57. The second-order valence-electron chi connectivity index (χ2n) is 7.71. The molecule has 0 aromatic heterocycles. The van der Waals surface area contributed by atoms with Gasteiger partial charge < -0.3 is 14.6 Å². The number of carbonyl (C=O) groups excluding carboxylic acids is 1. The molecule has 3 rings (SSSR count). The maximum atomic E-state index is 13.2. The molecule has 32 heavy (non-hydrogen) atoms. The Morgan fingerprint density at radius 3 is 2.31 bits per heavy atom. The van der Waals surface area contributed by atoms with Crippen LogP contribution < -0.4 is 14.4 Å². The topological polar surface area (TPSA) is 122 Å². The zero-order valence-corrected chi connectivity index (χ0v) is 18.9. The minimum atomic E-state index is -3.92. The van der Waals surface area contributed by atoms with Crippen LogP contribution in [0.2, 0.25) is 0 Å². The van der Waals surface area contributed by atoms with Gasteiger partial charge >= 0.3 is 6.09 Å². The summed E-state index contributed by atoms with van der Waals surface area (Å²) in [5.41, 5.74) is -0.0266. The van der Waals surface area contributed by atoms with E-state index in [0.29, 0.717) is 11.4 Å². The van der Waals surface area contributed by atoms with Crippen molar-refractivity contribution >= 4 is 33.5 Å². The summed E-state index contributed by atoms with van der Waals surface area (Å²) >= 11 is 0. The van der Waals surface area contributed by atoms with Crippen molar-refractivity contribution in [3.63, 3.8) is 0 Å². The number of carboxylic acids is 1. The molecule has 0 bridgehead atoms. The standard InChI is InChI=1S/C19H21FN2O5S.C2H4O2/c1-19(2,3)27-18(23)21-14-6-9-17-16(12-14)22(10-11-26-17)28(24,25)15-7-4-13(20)5-8-15;1-2(3)4/h4-9,12H,10-11H2,1-3H3,(H,21,23);1H3,(H,3,4). The van der Waals surface area contributed by atoms with Crippen molar-refractivity contribution in [1.29, 1.82) is 0 Å². The van der Waals surface area contributed by atoms with Crippen LogP contribution in [0.3, 0.4) is 0 Å². The molecular weight excluding hydrogens is 443 g/mol. The van der Waals surface area contributed by atoms with Gasteiger partial charge in [0, 0.05) is 12.6 Å². The lowest BCUT2D eigenvalue weighted by Crippen LogP contribution is -2.38. The number of fused-ring (bicyclic) bond motifs is 1. The van der Waals surface area contributed by atoms with E-state index in [1.54, 1.807) is 32.9 Å². The fourth-order valence-corrected chi connectivity index (χ4v) is 4.13. The average Bonchev–Trinajstić information content (AvgIpc) is 2.65. The Kier molecular flexibility index (Phi) is 7.68. The zero-order valence-electron chi connectivity index (χ0n) is 18.1. The first-order valence-corrected chi connectivity index (χ1v) is 11.0. The molecule has 2 N–H and O–H groups in total. The van der Waals surface area contributed by atoms with E-state index in [9.17, 15) is 17.6 Å². The minimum Gasteiger partial charge on any atom is -0.489 e. The third-order valence-corrected chi connectivity index (χ3v) is 5.65. The number of hydrogen-bond donors (Lipinski definition) is 2. The van der Waals surface area contributed by atoms with Gasteiger partial charge in [0.2, 0.25) is 0 Å². The number of nitrogens with zero attached hydrogens (tertiary/aromatic N) is 1. The Labute approximate surface area is 185 Å². The summed E-state index contributed by atoms with van der Waals surface area (Å²) in [6.45, 7) is 6.56. The normalized spacial score (nSPS) is 13.1. The fraction of sp³-hybridized carbons (Fsp3) is 0.333. The van der Waals surface area contributed by atoms with Crippen LogP contribution in [0.1, 0.15) is 27.7 Å². The average molecular weight is 469 g/mol. The largest absolute Gasteiger partial charge is 0.489 e. The van der Waals surface area contributed by atoms with Gasteiger partial charge in [0.25, 0.3) is 16.0 Å². The minimum absolute atomic E-state index is 0.0349. The van der Waals surface area contributed by atoms with Crippen LogP contribution in [-0.4, -0.2) is 44.3 Å². The summed E-state index contributed by atoms with van der Waals surface area (Å²) in [7, 11) is -3.92. The number of anilines is 2. The van der Waals surface area contributed by atoms with E-state index in [2.05, 4.69) is 5.32 Å². The SMILES string of the molecule is CC(=O)O.CC(C)(C)OC(=O)Nc1ccc2c(c1)N(S(=O)(=O)c1ccc(F)cc1)CCO2. The number of nitrogens with one attached hydrogen (secondary N) is 1. The van der Waals surface area contributed by atoms with E-state index in [4.69, 9.17) is 19.4 Å². The lowest BCUT2D eigenvalue weighted by atomic mass is 10.2. The number of ether oxygens (including phenoxy) is 2. The molecule has 11 heteroatoms. The molecule has 9 nitrogen and oxygen atoms in total. The molecule has 0 radical (unpaired) electrons. The predicted molar refractivity (Wildman–Crippen MR) is 116 cm³/mol. The Morgan fingerprint density at radius 1 is 1.16 bits per heavy atom. The van der Waals surface area contributed by atoms with Gasteiger partial charge in [-0.15, -0.1) is 0 Å². The van der Waals surface area contributed by atoms with E-state index < -0.39 is 33.5 Å². The lowest BCUT2D eigenvalue weighted by molar-refractivity contribution is -0.134. The Balaban J connectivity index is 0.000000837. The van der Waals surface area contributed by atoms with Gasteiger partial charge in [0.05, 0.1) is 17.1 Å². The van der Waals surface area contributed by atoms with Crippen molar-refractivity contribution in [2.24, 2.45) is 0 Å². The number of rotatable bonds is 3. The van der Waals surface area contributed by atoms with E-state index in [-0.39, 0.29) is 23.7 Å². The van der Waals surface area contributed by atoms with Gasteiger partial charge in [0.15, 0.2) is 0 Å². The number of halogens is 1. The van der Waals surface area contributed by atoms with Gasteiger partial charge in [-0.05, 0) is 63.2 Å². The van der Waals surface area contributed by atoms with Crippen LogP contribution >= 0.6 is 0 Å². The van der Waals surface area contributed by atoms with Crippen molar-refractivity contribution in [2.75, 3.05) is 22.8 Å². The van der Waals surface area contributed by atoms with Gasteiger partial charge in [-0.2, -0.15) is 0 Å². The molecule has 2 aromatic carbocycles. The summed E-state index contributed by atoms with van der Waals surface area (Å²) in [4.78, 5) is 21.0. The fourth-order valence-electron chi connectivity index (χ4n) is 2.68. The number of sulfonamides is 1. The molecule has 0 fully saturated rings.